The molecular weight excluding hydrogens is 649 g/mol. The van der Waals surface area contributed by atoms with Gasteiger partial charge in [0.05, 0.1) is 0 Å². The van der Waals surface area contributed by atoms with Crippen molar-refractivity contribution in [2.24, 2.45) is 105 Å². The molecule has 0 aromatic carbocycles. The predicted molar refractivity (Wildman–Crippen MR) is 233 cm³/mol. The van der Waals surface area contributed by atoms with Gasteiger partial charge < -0.3 is 0 Å². The molecule has 0 spiro atoms. The Balaban J connectivity index is 0.859. The first kappa shape index (κ1) is 40.5. The van der Waals surface area contributed by atoms with Crippen LogP contribution in [-0.4, -0.2) is 0 Å². The van der Waals surface area contributed by atoms with E-state index in [1.807, 2.05) is 5.57 Å². The summed E-state index contributed by atoms with van der Waals surface area (Å²) in [5.74, 6) is 13.7. The van der Waals surface area contributed by atoms with Crippen LogP contribution in [0.4, 0.5) is 0 Å². The lowest BCUT2D eigenvalue weighted by atomic mass is 9.42. The molecule has 8 aliphatic rings. The quantitative estimate of drug-likeness (QED) is 0.175. The largest absolute Gasteiger partial charge is 0.0845 e. The van der Waals surface area contributed by atoms with E-state index >= 15 is 0 Å². The predicted octanol–water partition coefficient (Wildman–Crippen LogP) is 16.5. The fourth-order valence-corrected chi connectivity index (χ4v) is 19.1. The van der Waals surface area contributed by atoms with Crippen molar-refractivity contribution in [1.29, 1.82) is 0 Å². The topological polar surface area (TPSA) is 0 Å². The highest BCUT2D eigenvalue weighted by atomic mass is 14.7. The number of hydrogen-bond donors (Lipinski definition) is 0. The van der Waals surface area contributed by atoms with Crippen molar-refractivity contribution in [3.05, 3.63) is 11.6 Å². The van der Waals surface area contributed by atoms with Gasteiger partial charge in [0.2, 0.25) is 0 Å². The SMILES string of the molecule is CC(C)CCC[C@@H](C)[C@H]1CC[C@H]2[C@@H]3CCC4CCCC(CC(C)CCC[C@@H](C)[C@H]5CC[C@H]6[C@@H]7CC=C8CCCC[C@]8(C)[C@H]7CC[C@]56C)[C@]4(C)[C@H]3CC[C@]12C. The summed E-state index contributed by atoms with van der Waals surface area (Å²) in [5.41, 5.74) is 4.32. The lowest BCUT2D eigenvalue weighted by Crippen LogP contribution is -2.56. The van der Waals surface area contributed by atoms with Crippen molar-refractivity contribution < 1.29 is 0 Å². The van der Waals surface area contributed by atoms with E-state index in [0.717, 1.165) is 82.9 Å². The van der Waals surface area contributed by atoms with E-state index in [9.17, 15) is 0 Å². The third-order valence-corrected chi connectivity index (χ3v) is 22.0. The molecule has 3 unspecified atom stereocenters. The van der Waals surface area contributed by atoms with Gasteiger partial charge in [-0.25, -0.2) is 0 Å². The highest BCUT2D eigenvalue weighted by Crippen LogP contribution is 2.71. The zero-order valence-corrected chi connectivity index (χ0v) is 37.8. The second-order valence-corrected chi connectivity index (χ2v) is 24.6. The standard InChI is InChI=1S/C54H92/c1-36(2)15-12-17-38(4)45-27-29-48-44-25-23-41-20-14-21-42(54(41,9)50(44)31-34-53(45,48)8)35-37(3)16-13-18-39(5)46-26-28-47-43-24-22-40-19-10-11-32-51(40,6)49(43)30-33-52(46,47)7/h22,36-39,41-50H,10-21,23-35H2,1-9H3/t37?,38-,39-,41?,42?,43+,44+,45-,46-,47+,48+,49+,50+,51+,52-,53-,54-/m1/s1. The van der Waals surface area contributed by atoms with Crippen LogP contribution >= 0.6 is 0 Å². The molecule has 0 heteroatoms. The van der Waals surface area contributed by atoms with E-state index in [2.05, 4.69) is 68.4 Å². The minimum Gasteiger partial charge on any atom is -0.0845 e. The van der Waals surface area contributed by atoms with Crippen LogP contribution in [0.15, 0.2) is 11.6 Å². The summed E-state index contributed by atoms with van der Waals surface area (Å²) in [4.78, 5) is 0. The number of allylic oxidation sites excluding steroid dienone is 2. The molecule has 0 N–H and O–H groups in total. The van der Waals surface area contributed by atoms with Crippen LogP contribution in [0.25, 0.3) is 0 Å². The first-order valence-electron chi connectivity index (χ1n) is 25.5. The second kappa shape index (κ2) is 15.7. The van der Waals surface area contributed by atoms with Crippen molar-refractivity contribution in [1.82, 2.24) is 0 Å². The van der Waals surface area contributed by atoms with Gasteiger partial charge in [0, 0.05) is 0 Å². The van der Waals surface area contributed by atoms with Crippen molar-refractivity contribution in [3.8, 4) is 0 Å². The molecule has 0 bridgehead atoms. The molecule has 8 aliphatic carbocycles. The maximum Gasteiger partial charge on any atom is -0.00853 e. The van der Waals surface area contributed by atoms with Crippen LogP contribution < -0.4 is 0 Å². The molecule has 17 atom stereocenters. The molecule has 0 amide bonds. The Bertz CT molecular complexity index is 1300. The molecule has 0 aromatic heterocycles. The maximum atomic E-state index is 2.90. The second-order valence-electron chi connectivity index (χ2n) is 24.6. The van der Waals surface area contributed by atoms with Crippen LogP contribution in [0.5, 0.6) is 0 Å². The van der Waals surface area contributed by atoms with Crippen molar-refractivity contribution >= 4 is 0 Å². The number of rotatable bonds is 12. The highest BCUT2D eigenvalue weighted by Gasteiger charge is 2.62. The first-order chi connectivity index (χ1) is 25.8. The third kappa shape index (κ3) is 6.82. The van der Waals surface area contributed by atoms with Crippen LogP contribution in [0, 0.1) is 105 Å². The van der Waals surface area contributed by atoms with Gasteiger partial charge in [0.15, 0.2) is 0 Å². The van der Waals surface area contributed by atoms with Crippen molar-refractivity contribution in [2.75, 3.05) is 0 Å². The summed E-state index contributed by atoms with van der Waals surface area (Å²) >= 11 is 0. The molecule has 7 saturated carbocycles. The molecule has 0 radical (unpaired) electrons. The summed E-state index contributed by atoms with van der Waals surface area (Å²) in [5, 5.41) is 0. The third-order valence-electron chi connectivity index (χ3n) is 22.0. The zero-order chi connectivity index (χ0) is 38.0. The normalized spacial score (nSPS) is 48.7. The van der Waals surface area contributed by atoms with Gasteiger partial charge in [-0.05, 0) is 214 Å². The monoisotopic (exact) mass is 741 g/mol. The maximum absolute atomic E-state index is 2.90. The summed E-state index contributed by atoms with van der Waals surface area (Å²) in [6, 6.07) is 0. The van der Waals surface area contributed by atoms with Gasteiger partial charge in [-0.1, -0.05) is 125 Å². The molecule has 308 valence electrons. The first-order valence-corrected chi connectivity index (χ1v) is 25.5. The van der Waals surface area contributed by atoms with E-state index < -0.39 is 0 Å². The van der Waals surface area contributed by atoms with E-state index in [4.69, 9.17) is 0 Å². The van der Waals surface area contributed by atoms with Crippen LogP contribution in [0.1, 0.15) is 223 Å². The molecule has 0 aliphatic heterocycles. The van der Waals surface area contributed by atoms with Gasteiger partial charge in [0.1, 0.15) is 0 Å². The van der Waals surface area contributed by atoms with E-state index in [0.29, 0.717) is 21.7 Å². The summed E-state index contributed by atoms with van der Waals surface area (Å²) in [6.07, 6.45) is 40.6. The lowest BCUT2D eigenvalue weighted by Gasteiger charge is -2.63. The lowest BCUT2D eigenvalue weighted by molar-refractivity contribution is -0.143. The van der Waals surface area contributed by atoms with Gasteiger partial charge in [-0.2, -0.15) is 0 Å². The van der Waals surface area contributed by atoms with Gasteiger partial charge in [-0.3, -0.25) is 0 Å². The molecule has 0 heterocycles. The zero-order valence-electron chi connectivity index (χ0n) is 37.8. The fourth-order valence-electron chi connectivity index (χ4n) is 19.1. The van der Waals surface area contributed by atoms with Gasteiger partial charge in [-0.15, -0.1) is 0 Å². The molecule has 7 fully saturated rings. The Hall–Kier alpha value is -0.260. The number of hydrogen-bond acceptors (Lipinski definition) is 0. The average Bonchev–Trinajstić information content (AvgIpc) is 3.68. The average molecular weight is 741 g/mol. The minimum absolute atomic E-state index is 0.554. The van der Waals surface area contributed by atoms with Crippen molar-refractivity contribution in [3.63, 3.8) is 0 Å². The summed E-state index contributed by atoms with van der Waals surface area (Å²) in [6.45, 7) is 24.1. The van der Waals surface area contributed by atoms with Gasteiger partial charge in [0.25, 0.3) is 0 Å². The minimum atomic E-state index is 0.554. The van der Waals surface area contributed by atoms with Crippen LogP contribution in [0.3, 0.4) is 0 Å². The van der Waals surface area contributed by atoms with E-state index in [1.54, 1.807) is 64.2 Å². The molecular formula is C54H92. The molecule has 0 saturated heterocycles. The Labute approximate surface area is 337 Å². The Morgan fingerprint density at radius 3 is 1.91 bits per heavy atom. The van der Waals surface area contributed by atoms with Crippen LogP contribution in [0.2, 0.25) is 0 Å². The highest BCUT2D eigenvalue weighted by molar-refractivity contribution is 5.24. The number of fused-ring (bicyclic) bond motifs is 10. The molecule has 8 rings (SSSR count). The summed E-state index contributed by atoms with van der Waals surface area (Å²) in [7, 11) is 0. The summed E-state index contributed by atoms with van der Waals surface area (Å²) < 4.78 is 0. The molecule has 0 aromatic rings. The van der Waals surface area contributed by atoms with E-state index in [1.165, 1.54) is 96.3 Å². The fraction of sp³-hybridized carbons (Fsp3) is 0.963. The van der Waals surface area contributed by atoms with Gasteiger partial charge >= 0.3 is 0 Å². The molecule has 0 nitrogen and oxygen atoms in total. The van der Waals surface area contributed by atoms with E-state index in [-0.39, 0.29) is 0 Å². The Kier molecular flexibility index (Phi) is 11.8. The smallest absolute Gasteiger partial charge is 0.00853 e. The van der Waals surface area contributed by atoms with Crippen molar-refractivity contribution in [2.45, 2.75) is 223 Å². The Morgan fingerprint density at radius 1 is 0.574 bits per heavy atom. The molecule has 54 heavy (non-hydrogen) atoms. The van der Waals surface area contributed by atoms with Crippen LogP contribution in [-0.2, 0) is 0 Å². The Morgan fingerprint density at radius 2 is 1.22 bits per heavy atom.